The van der Waals surface area contributed by atoms with E-state index in [1.807, 2.05) is 11.8 Å². The van der Waals surface area contributed by atoms with Crippen molar-refractivity contribution in [2.45, 2.75) is 32.6 Å². The molecular weight excluding hydrogens is 326 g/mol. The van der Waals surface area contributed by atoms with E-state index in [1.54, 1.807) is 4.31 Å². The molecule has 8 heteroatoms. The highest BCUT2D eigenvalue weighted by Crippen LogP contribution is 2.22. The van der Waals surface area contributed by atoms with Crippen LogP contribution in [-0.2, 0) is 14.8 Å². The number of carbonyl (C=O) groups excluding carboxylic acids is 1. The second-order valence-corrected chi connectivity index (χ2v) is 8.01. The van der Waals surface area contributed by atoms with E-state index in [1.165, 1.54) is 0 Å². The van der Waals surface area contributed by atoms with E-state index >= 15 is 0 Å². The first-order chi connectivity index (χ1) is 10.0. The lowest BCUT2D eigenvalue weighted by atomic mass is 9.96. The number of piperazine rings is 1. The van der Waals surface area contributed by atoms with Gasteiger partial charge in [-0.1, -0.05) is 13.3 Å². The van der Waals surface area contributed by atoms with Gasteiger partial charge in [-0.2, -0.15) is 0 Å². The zero-order chi connectivity index (χ0) is 15.3. The largest absolute Gasteiger partial charge is 0.340 e. The summed E-state index contributed by atoms with van der Waals surface area (Å²) in [5, 5.41) is 3.24. The Morgan fingerprint density at radius 3 is 2.27 bits per heavy atom. The van der Waals surface area contributed by atoms with Crippen LogP contribution in [0.15, 0.2) is 0 Å². The van der Waals surface area contributed by atoms with Crippen LogP contribution in [0.4, 0.5) is 0 Å². The van der Waals surface area contributed by atoms with Crippen LogP contribution in [0.25, 0.3) is 0 Å². The minimum absolute atomic E-state index is 0. The number of nitrogens with one attached hydrogen (secondary N) is 1. The topological polar surface area (TPSA) is 69.7 Å². The predicted octanol–water partition coefficient (Wildman–Crippen LogP) is 0.682. The van der Waals surface area contributed by atoms with Crippen molar-refractivity contribution in [1.82, 2.24) is 14.5 Å². The first-order valence-corrected chi connectivity index (χ1v) is 9.63. The third-order valence-electron chi connectivity index (χ3n) is 4.38. The minimum Gasteiger partial charge on any atom is -0.340 e. The average Bonchev–Trinajstić information content (AvgIpc) is 2.53. The van der Waals surface area contributed by atoms with Crippen LogP contribution in [0.5, 0.6) is 0 Å². The summed E-state index contributed by atoms with van der Waals surface area (Å²) in [5.41, 5.74) is 0. The standard InChI is InChI=1S/C14H27N3O3S.ClH/c1-2-3-12-21(19,20)17-8-4-13(5-9-17)14(18)16-10-6-15-7-11-16;/h13,15H,2-12H2,1H3;1H. The summed E-state index contributed by atoms with van der Waals surface area (Å²) in [5.74, 6) is 0.447. The molecule has 0 aromatic rings. The number of halogens is 1. The molecule has 0 radical (unpaired) electrons. The van der Waals surface area contributed by atoms with Crippen LogP contribution in [0, 0.1) is 5.92 Å². The molecule has 2 aliphatic rings. The lowest BCUT2D eigenvalue weighted by Crippen LogP contribution is -2.50. The molecular formula is C14H28ClN3O3S. The molecule has 0 saturated carbocycles. The van der Waals surface area contributed by atoms with E-state index < -0.39 is 10.0 Å². The maximum atomic E-state index is 12.4. The maximum Gasteiger partial charge on any atom is 0.225 e. The van der Waals surface area contributed by atoms with Gasteiger partial charge in [-0.3, -0.25) is 4.79 Å². The van der Waals surface area contributed by atoms with E-state index in [9.17, 15) is 13.2 Å². The van der Waals surface area contributed by atoms with Crippen molar-refractivity contribution >= 4 is 28.3 Å². The van der Waals surface area contributed by atoms with E-state index in [0.717, 1.165) is 32.6 Å². The van der Waals surface area contributed by atoms with Gasteiger partial charge in [-0.05, 0) is 19.3 Å². The first-order valence-electron chi connectivity index (χ1n) is 8.02. The second-order valence-electron chi connectivity index (χ2n) is 5.92. The van der Waals surface area contributed by atoms with Crippen molar-refractivity contribution < 1.29 is 13.2 Å². The SMILES string of the molecule is CCCCS(=O)(=O)N1CCC(C(=O)N2CCNCC2)CC1.Cl. The molecule has 0 aromatic heterocycles. The molecule has 2 fully saturated rings. The van der Waals surface area contributed by atoms with E-state index in [2.05, 4.69) is 5.32 Å². The fourth-order valence-corrected chi connectivity index (χ4v) is 4.66. The first kappa shape index (κ1) is 19.7. The number of hydrogen-bond donors (Lipinski definition) is 1. The van der Waals surface area contributed by atoms with Crippen LogP contribution in [-0.4, -0.2) is 68.6 Å². The Morgan fingerprint density at radius 1 is 1.14 bits per heavy atom. The lowest BCUT2D eigenvalue weighted by molar-refractivity contribution is -0.137. The van der Waals surface area contributed by atoms with Crippen molar-refractivity contribution in [1.29, 1.82) is 0 Å². The normalized spacial score (nSPS) is 21.4. The van der Waals surface area contributed by atoms with Crippen LogP contribution >= 0.6 is 12.4 Å². The maximum absolute atomic E-state index is 12.4. The van der Waals surface area contributed by atoms with Crippen molar-refractivity contribution in [3.05, 3.63) is 0 Å². The molecule has 1 amide bonds. The van der Waals surface area contributed by atoms with E-state index in [0.29, 0.717) is 32.4 Å². The Morgan fingerprint density at radius 2 is 1.73 bits per heavy atom. The Bertz CT molecular complexity index is 444. The highest BCUT2D eigenvalue weighted by molar-refractivity contribution is 7.89. The van der Waals surface area contributed by atoms with E-state index in [-0.39, 0.29) is 30.0 Å². The number of nitrogens with zero attached hydrogens (tertiary/aromatic N) is 2. The number of hydrogen-bond acceptors (Lipinski definition) is 4. The molecule has 22 heavy (non-hydrogen) atoms. The summed E-state index contributed by atoms with van der Waals surface area (Å²) in [4.78, 5) is 14.3. The Hall–Kier alpha value is -0.370. The molecule has 1 N–H and O–H groups in total. The molecule has 2 saturated heterocycles. The average molecular weight is 354 g/mol. The second kappa shape index (κ2) is 9.05. The third kappa shape index (κ3) is 5.08. The van der Waals surface area contributed by atoms with Gasteiger partial charge in [-0.15, -0.1) is 12.4 Å². The van der Waals surface area contributed by atoms with E-state index in [4.69, 9.17) is 0 Å². The molecule has 0 aliphatic carbocycles. The number of sulfonamides is 1. The van der Waals surface area contributed by atoms with Crippen molar-refractivity contribution in [2.24, 2.45) is 5.92 Å². The van der Waals surface area contributed by atoms with Crippen molar-refractivity contribution in [3.63, 3.8) is 0 Å². The predicted molar refractivity (Wildman–Crippen MR) is 89.7 cm³/mol. The number of carbonyl (C=O) groups is 1. The molecule has 2 rings (SSSR count). The summed E-state index contributed by atoms with van der Waals surface area (Å²) >= 11 is 0. The molecule has 0 unspecified atom stereocenters. The van der Waals surface area contributed by atoms with Crippen LogP contribution in [0.3, 0.4) is 0 Å². The summed E-state index contributed by atoms with van der Waals surface area (Å²) < 4.78 is 25.9. The van der Waals surface area contributed by atoms with Gasteiger partial charge in [0.25, 0.3) is 0 Å². The third-order valence-corrected chi connectivity index (χ3v) is 6.34. The molecule has 2 aliphatic heterocycles. The van der Waals surface area contributed by atoms with Gasteiger partial charge in [0.2, 0.25) is 15.9 Å². The van der Waals surface area contributed by atoms with Gasteiger partial charge in [-0.25, -0.2) is 12.7 Å². The van der Waals surface area contributed by atoms with Crippen LogP contribution in [0.2, 0.25) is 0 Å². The molecule has 0 spiro atoms. The van der Waals surface area contributed by atoms with Gasteiger partial charge >= 0.3 is 0 Å². The van der Waals surface area contributed by atoms with Gasteiger partial charge in [0, 0.05) is 45.2 Å². The number of unbranched alkanes of at least 4 members (excludes halogenated alkanes) is 1. The highest BCUT2D eigenvalue weighted by Gasteiger charge is 2.32. The zero-order valence-electron chi connectivity index (χ0n) is 13.3. The Labute approximate surface area is 140 Å². The molecule has 0 aromatic carbocycles. The Kier molecular flexibility index (Phi) is 8.10. The summed E-state index contributed by atoms with van der Waals surface area (Å²) in [6.45, 7) is 6.24. The van der Waals surface area contributed by atoms with Crippen molar-refractivity contribution in [3.8, 4) is 0 Å². The fraction of sp³-hybridized carbons (Fsp3) is 0.929. The summed E-state index contributed by atoms with van der Waals surface area (Å²) in [6, 6.07) is 0. The quantitative estimate of drug-likeness (QED) is 0.789. The van der Waals surface area contributed by atoms with Crippen LogP contribution in [0.1, 0.15) is 32.6 Å². The fourth-order valence-electron chi connectivity index (χ4n) is 2.98. The monoisotopic (exact) mass is 353 g/mol. The van der Waals surface area contributed by atoms with Gasteiger partial charge in [0.1, 0.15) is 0 Å². The van der Waals surface area contributed by atoms with Crippen LogP contribution < -0.4 is 5.32 Å². The number of amides is 1. The zero-order valence-corrected chi connectivity index (χ0v) is 14.9. The number of rotatable bonds is 5. The number of piperidine rings is 1. The van der Waals surface area contributed by atoms with Crippen molar-refractivity contribution in [2.75, 3.05) is 45.0 Å². The van der Waals surface area contributed by atoms with Gasteiger partial charge < -0.3 is 10.2 Å². The minimum atomic E-state index is -3.12. The highest BCUT2D eigenvalue weighted by atomic mass is 35.5. The summed E-state index contributed by atoms with van der Waals surface area (Å²) in [7, 11) is -3.12. The lowest BCUT2D eigenvalue weighted by Gasteiger charge is -2.35. The van der Waals surface area contributed by atoms with Gasteiger partial charge in [0.05, 0.1) is 5.75 Å². The van der Waals surface area contributed by atoms with Gasteiger partial charge in [0.15, 0.2) is 0 Å². The molecule has 0 atom stereocenters. The molecule has 2 heterocycles. The molecule has 0 bridgehead atoms. The molecule has 6 nitrogen and oxygen atoms in total. The summed E-state index contributed by atoms with van der Waals surface area (Å²) in [6.07, 6.45) is 2.92. The molecule has 130 valence electrons. The smallest absolute Gasteiger partial charge is 0.225 e. The Balaban J connectivity index is 0.00000242.